The van der Waals surface area contributed by atoms with Crippen LogP contribution in [0.3, 0.4) is 0 Å². The molecular weight excluding hydrogens is 374 g/mol. The van der Waals surface area contributed by atoms with E-state index in [0.29, 0.717) is 5.92 Å². The lowest BCUT2D eigenvalue weighted by atomic mass is 9.81. The zero-order chi connectivity index (χ0) is 21.8. The number of benzene rings is 3. The summed E-state index contributed by atoms with van der Waals surface area (Å²) in [6.07, 6.45) is 5.32. The van der Waals surface area contributed by atoms with Gasteiger partial charge in [0.2, 0.25) is 0 Å². The summed E-state index contributed by atoms with van der Waals surface area (Å²) < 4.78 is 0. The van der Waals surface area contributed by atoms with E-state index in [4.69, 9.17) is 0 Å². The van der Waals surface area contributed by atoms with Gasteiger partial charge >= 0.3 is 0 Å². The van der Waals surface area contributed by atoms with E-state index in [0.717, 1.165) is 0 Å². The second-order valence-corrected chi connectivity index (χ2v) is 11.0. The number of anilines is 2. The quantitative estimate of drug-likeness (QED) is 0.418. The third-order valence-corrected chi connectivity index (χ3v) is 7.45. The Morgan fingerprint density at radius 2 is 1.42 bits per heavy atom. The molecule has 160 valence electrons. The van der Waals surface area contributed by atoms with Crippen LogP contribution in [0.1, 0.15) is 82.9 Å². The largest absolute Gasteiger partial charge is 0.336 e. The first kappa shape index (κ1) is 20.4. The number of hydrogen-bond donors (Lipinski definition) is 0. The topological polar surface area (TPSA) is 3.24 Å². The molecule has 0 saturated heterocycles. The maximum absolute atomic E-state index is 2.58. The van der Waals surface area contributed by atoms with Crippen LogP contribution in [0.2, 0.25) is 0 Å². The number of hydrogen-bond acceptors (Lipinski definition) is 1. The molecule has 0 aromatic heterocycles. The molecule has 0 N–H and O–H groups in total. The van der Waals surface area contributed by atoms with Crippen molar-refractivity contribution in [1.29, 1.82) is 0 Å². The fourth-order valence-electron chi connectivity index (χ4n) is 5.98. The average molecular weight is 410 g/mol. The van der Waals surface area contributed by atoms with Crippen molar-refractivity contribution in [2.75, 3.05) is 4.90 Å². The summed E-state index contributed by atoms with van der Waals surface area (Å²) in [6.45, 7) is 11.8. The normalized spacial score (nSPS) is 17.5. The molecule has 3 aromatic rings. The average Bonchev–Trinajstić information content (AvgIpc) is 3.34. The second-order valence-electron chi connectivity index (χ2n) is 11.0. The molecule has 31 heavy (non-hydrogen) atoms. The first-order chi connectivity index (χ1) is 14.8. The smallest absolute Gasteiger partial charge is 0.0454 e. The van der Waals surface area contributed by atoms with Crippen molar-refractivity contribution in [3.05, 3.63) is 83.4 Å². The molecule has 0 heterocycles. The summed E-state index contributed by atoms with van der Waals surface area (Å²) in [7, 11) is 0. The Balaban J connectivity index is 1.79. The van der Waals surface area contributed by atoms with E-state index >= 15 is 0 Å². The maximum atomic E-state index is 2.58. The Morgan fingerprint density at radius 3 is 2.10 bits per heavy atom. The SMILES string of the molecule is CC1(C)c2ccccc2-c2cc(C3CCCC3)c(N(c3ccccc3)C(C)(C)C)cc21. The molecule has 5 rings (SSSR count). The molecule has 3 aromatic carbocycles. The first-order valence-corrected chi connectivity index (χ1v) is 11.9. The highest BCUT2D eigenvalue weighted by Crippen LogP contribution is 2.53. The van der Waals surface area contributed by atoms with Crippen LogP contribution in [-0.2, 0) is 5.41 Å². The fraction of sp³-hybridized carbons (Fsp3) is 0.400. The zero-order valence-corrected chi connectivity index (χ0v) is 19.7. The Morgan fingerprint density at radius 1 is 0.774 bits per heavy atom. The summed E-state index contributed by atoms with van der Waals surface area (Å²) >= 11 is 0. The molecule has 0 bridgehead atoms. The molecule has 1 nitrogen and oxygen atoms in total. The highest BCUT2D eigenvalue weighted by atomic mass is 15.2. The molecule has 1 fully saturated rings. The number of para-hydroxylation sites is 1. The summed E-state index contributed by atoms with van der Waals surface area (Å²) in [5, 5.41) is 0. The van der Waals surface area contributed by atoms with Crippen LogP contribution in [0.5, 0.6) is 0 Å². The van der Waals surface area contributed by atoms with Gasteiger partial charge in [-0.25, -0.2) is 0 Å². The van der Waals surface area contributed by atoms with Gasteiger partial charge in [0.25, 0.3) is 0 Å². The lowest BCUT2D eigenvalue weighted by Crippen LogP contribution is -2.38. The number of rotatable bonds is 3. The Bertz CT molecular complexity index is 1100. The van der Waals surface area contributed by atoms with Crippen molar-refractivity contribution < 1.29 is 0 Å². The van der Waals surface area contributed by atoms with Gasteiger partial charge in [-0.2, -0.15) is 0 Å². The van der Waals surface area contributed by atoms with Crippen molar-refractivity contribution in [1.82, 2.24) is 0 Å². The van der Waals surface area contributed by atoms with E-state index in [-0.39, 0.29) is 11.0 Å². The van der Waals surface area contributed by atoms with E-state index in [1.54, 1.807) is 5.56 Å². The van der Waals surface area contributed by atoms with Crippen LogP contribution >= 0.6 is 0 Å². The molecule has 2 aliphatic carbocycles. The Hall–Kier alpha value is -2.54. The predicted octanol–water partition coefficient (Wildman–Crippen LogP) is 8.59. The summed E-state index contributed by atoms with van der Waals surface area (Å²) in [5.74, 6) is 0.657. The Labute approximate surface area is 188 Å². The highest BCUT2D eigenvalue weighted by molar-refractivity contribution is 5.85. The van der Waals surface area contributed by atoms with Crippen LogP contribution in [0, 0.1) is 0 Å². The molecule has 0 amide bonds. The maximum Gasteiger partial charge on any atom is 0.0454 e. The zero-order valence-electron chi connectivity index (χ0n) is 19.7. The van der Waals surface area contributed by atoms with E-state index < -0.39 is 0 Å². The number of nitrogens with zero attached hydrogens (tertiary/aromatic N) is 1. The van der Waals surface area contributed by atoms with Gasteiger partial charge in [-0.1, -0.05) is 69.2 Å². The predicted molar refractivity (Wildman–Crippen MR) is 134 cm³/mol. The van der Waals surface area contributed by atoms with Crippen molar-refractivity contribution >= 4 is 11.4 Å². The van der Waals surface area contributed by atoms with Gasteiger partial charge in [0.1, 0.15) is 0 Å². The molecule has 0 spiro atoms. The first-order valence-electron chi connectivity index (χ1n) is 11.9. The van der Waals surface area contributed by atoms with Gasteiger partial charge in [0.15, 0.2) is 0 Å². The van der Waals surface area contributed by atoms with Gasteiger partial charge in [-0.3, -0.25) is 0 Å². The van der Waals surface area contributed by atoms with Crippen molar-refractivity contribution in [2.45, 2.75) is 77.2 Å². The summed E-state index contributed by atoms with van der Waals surface area (Å²) in [6, 6.07) is 25.1. The van der Waals surface area contributed by atoms with E-state index in [1.165, 1.54) is 59.3 Å². The van der Waals surface area contributed by atoms with E-state index in [1.807, 2.05) is 0 Å². The molecule has 1 heteroatoms. The Kier molecular flexibility index (Phi) is 4.77. The standard InChI is InChI=1S/C30H35N/c1-29(2,3)31(22-15-7-6-8-16-22)28-20-27-25(19-24(28)21-13-9-10-14-21)23-17-11-12-18-26(23)30(27,4)5/h6-8,11-12,15-21H,9-10,13-14H2,1-5H3. The van der Waals surface area contributed by atoms with Crippen LogP contribution in [0.4, 0.5) is 11.4 Å². The highest BCUT2D eigenvalue weighted by Gasteiger charge is 2.38. The van der Waals surface area contributed by atoms with Gasteiger partial charge in [0, 0.05) is 22.3 Å². The van der Waals surface area contributed by atoms with Gasteiger partial charge in [-0.15, -0.1) is 0 Å². The minimum Gasteiger partial charge on any atom is -0.336 e. The molecule has 0 aliphatic heterocycles. The van der Waals surface area contributed by atoms with Crippen molar-refractivity contribution in [3.63, 3.8) is 0 Å². The van der Waals surface area contributed by atoms with Crippen LogP contribution in [-0.4, -0.2) is 5.54 Å². The third kappa shape index (κ3) is 3.30. The van der Waals surface area contributed by atoms with Crippen LogP contribution in [0.25, 0.3) is 11.1 Å². The monoisotopic (exact) mass is 409 g/mol. The minimum absolute atomic E-state index is 0.0153. The molecule has 1 saturated carbocycles. The van der Waals surface area contributed by atoms with Crippen LogP contribution < -0.4 is 4.90 Å². The van der Waals surface area contributed by atoms with E-state index in [2.05, 4.69) is 106 Å². The number of fused-ring (bicyclic) bond motifs is 3. The second kappa shape index (κ2) is 7.26. The van der Waals surface area contributed by atoms with Crippen molar-refractivity contribution in [3.8, 4) is 11.1 Å². The van der Waals surface area contributed by atoms with E-state index in [9.17, 15) is 0 Å². The molecule has 0 radical (unpaired) electrons. The molecule has 2 aliphatic rings. The fourth-order valence-corrected chi connectivity index (χ4v) is 5.98. The van der Waals surface area contributed by atoms with Gasteiger partial charge in [0.05, 0.1) is 0 Å². The van der Waals surface area contributed by atoms with Crippen molar-refractivity contribution in [2.24, 2.45) is 0 Å². The van der Waals surface area contributed by atoms with Crippen LogP contribution in [0.15, 0.2) is 66.7 Å². The summed E-state index contributed by atoms with van der Waals surface area (Å²) in [5.41, 5.74) is 10.0. The van der Waals surface area contributed by atoms with Gasteiger partial charge in [-0.05, 0) is 91.6 Å². The lowest BCUT2D eigenvalue weighted by Gasteiger charge is -2.40. The third-order valence-electron chi connectivity index (χ3n) is 7.45. The lowest BCUT2D eigenvalue weighted by molar-refractivity contribution is 0.555. The van der Waals surface area contributed by atoms with Gasteiger partial charge < -0.3 is 4.90 Å². The minimum atomic E-state index is -0.0153. The summed E-state index contributed by atoms with van der Waals surface area (Å²) in [4.78, 5) is 2.58. The molecule has 0 unspecified atom stereocenters. The molecule has 0 atom stereocenters. The molecular formula is C30H35N.